The fraction of sp³-hybridized carbons (Fsp3) is 0.158. The van der Waals surface area contributed by atoms with Crippen LogP contribution in [0.5, 0.6) is 5.75 Å². The lowest BCUT2D eigenvalue weighted by Crippen LogP contribution is -2.02. The predicted molar refractivity (Wildman–Crippen MR) is 103 cm³/mol. The molecule has 0 unspecified atom stereocenters. The molecule has 0 atom stereocenters. The molecule has 1 heterocycles. The molecule has 2 aromatic carbocycles. The molecule has 0 fully saturated rings. The second-order valence-corrected chi connectivity index (χ2v) is 6.81. The number of ether oxygens (including phenoxy) is 1. The third-order valence-corrected chi connectivity index (χ3v) is 5.00. The third-order valence-electron chi connectivity index (χ3n) is 3.75. The smallest absolute Gasteiger partial charge is 0.192 e. The average Bonchev–Trinajstić information content (AvgIpc) is 3.04. The number of thioether (sulfide) groups is 1. The first-order valence-electron chi connectivity index (χ1n) is 7.88. The number of aromatic nitrogens is 3. The summed E-state index contributed by atoms with van der Waals surface area (Å²) in [6.45, 7) is 4.31. The van der Waals surface area contributed by atoms with E-state index in [0.29, 0.717) is 39.6 Å². The van der Waals surface area contributed by atoms with Crippen molar-refractivity contribution in [1.29, 1.82) is 0 Å². The number of hydrogen-bond donors (Lipinski definition) is 0. The van der Waals surface area contributed by atoms with Crippen molar-refractivity contribution in [3.05, 3.63) is 71.5 Å². The predicted octanol–water partition coefficient (Wildman–Crippen LogP) is 5.22. The van der Waals surface area contributed by atoms with E-state index < -0.39 is 0 Å². The Labute approximate surface area is 160 Å². The van der Waals surface area contributed by atoms with Gasteiger partial charge in [0.25, 0.3) is 0 Å². The van der Waals surface area contributed by atoms with Gasteiger partial charge in [0, 0.05) is 17.3 Å². The number of benzene rings is 2. The standard InChI is InChI=1S/C19H17ClFN3OS/c1-3-10-24-18(15-11-14(20)8-9-17(15)25-2)22-23-19(24)26-12-13-6-4-5-7-16(13)21/h3-9,11H,1,10,12H2,2H3. The van der Waals surface area contributed by atoms with Crippen LogP contribution < -0.4 is 4.74 Å². The zero-order valence-corrected chi connectivity index (χ0v) is 15.7. The van der Waals surface area contributed by atoms with Gasteiger partial charge in [-0.2, -0.15) is 0 Å². The van der Waals surface area contributed by atoms with E-state index in [1.807, 2.05) is 10.6 Å². The molecule has 1 aromatic heterocycles. The Hall–Kier alpha value is -2.31. The monoisotopic (exact) mass is 389 g/mol. The summed E-state index contributed by atoms with van der Waals surface area (Å²) in [5.74, 6) is 1.50. The molecule has 0 spiro atoms. The SMILES string of the molecule is C=CCn1c(SCc2ccccc2F)nnc1-c1cc(Cl)ccc1OC. The summed E-state index contributed by atoms with van der Waals surface area (Å²) in [6, 6.07) is 12.0. The molecule has 4 nitrogen and oxygen atoms in total. The highest BCUT2D eigenvalue weighted by Gasteiger charge is 2.18. The fourth-order valence-corrected chi connectivity index (χ4v) is 3.61. The highest BCUT2D eigenvalue weighted by Crippen LogP contribution is 2.34. The van der Waals surface area contributed by atoms with Crippen LogP contribution in [0.1, 0.15) is 5.56 Å². The van der Waals surface area contributed by atoms with Gasteiger partial charge in [0.15, 0.2) is 11.0 Å². The van der Waals surface area contributed by atoms with Crippen molar-refractivity contribution < 1.29 is 9.13 Å². The molecule has 0 bridgehead atoms. The van der Waals surface area contributed by atoms with Crippen LogP contribution in [0.3, 0.4) is 0 Å². The Morgan fingerprint density at radius 2 is 2.08 bits per heavy atom. The molecule has 3 rings (SSSR count). The lowest BCUT2D eigenvalue weighted by Gasteiger charge is -2.11. The summed E-state index contributed by atoms with van der Waals surface area (Å²) in [7, 11) is 1.59. The maximum atomic E-state index is 13.9. The Morgan fingerprint density at radius 3 is 2.81 bits per heavy atom. The zero-order chi connectivity index (χ0) is 18.5. The maximum Gasteiger partial charge on any atom is 0.192 e. The molecule has 0 aliphatic carbocycles. The minimum absolute atomic E-state index is 0.230. The minimum Gasteiger partial charge on any atom is -0.496 e. The third kappa shape index (κ3) is 3.92. The Kier molecular flexibility index (Phi) is 5.96. The second-order valence-electron chi connectivity index (χ2n) is 5.43. The van der Waals surface area contributed by atoms with Crippen LogP contribution in [-0.4, -0.2) is 21.9 Å². The fourth-order valence-electron chi connectivity index (χ4n) is 2.50. The molecule has 134 valence electrons. The minimum atomic E-state index is -0.230. The van der Waals surface area contributed by atoms with Crippen molar-refractivity contribution >= 4 is 23.4 Å². The topological polar surface area (TPSA) is 39.9 Å². The Balaban J connectivity index is 1.95. The van der Waals surface area contributed by atoms with Gasteiger partial charge in [0.1, 0.15) is 11.6 Å². The van der Waals surface area contributed by atoms with E-state index in [-0.39, 0.29) is 5.82 Å². The lowest BCUT2D eigenvalue weighted by molar-refractivity contribution is 0.416. The van der Waals surface area contributed by atoms with Gasteiger partial charge in [-0.1, -0.05) is 47.6 Å². The van der Waals surface area contributed by atoms with Crippen LogP contribution in [-0.2, 0) is 12.3 Å². The van der Waals surface area contributed by atoms with Crippen molar-refractivity contribution in [1.82, 2.24) is 14.8 Å². The van der Waals surface area contributed by atoms with Gasteiger partial charge >= 0.3 is 0 Å². The summed E-state index contributed by atoms with van der Waals surface area (Å²) in [5, 5.41) is 9.82. The molecule has 0 radical (unpaired) electrons. The van der Waals surface area contributed by atoms with E-state index in [2.05, 4.69) is 16.8 Å². The highest BCUT2D eigenvalue weighted by atomic mass is 35.5. The summed E-state index contributed by atoms with van der Waals surface area (Å²) in [5.41, 5.74) is 1.36. The molecule has 0 amide bonds. The van der Waals surface area contributed by atoms with Gasteiger partial charge in [0.05, 0.1) is 12.7 Å². The quantitative estimate of drug-likeness (QED) is 0.410. The normalized spacial score (nSPS) is 10.7. The average molecular weight is 390 g/mol. The molecule has 3 aromatic rings. The second kappa shape index (κ2) is 8.38. The first-order valence-corrected chi connectivity index (χ1v) is 9.24. The number of nitrogens with zero attached hydrogens (tertiary/aromatic N) is 3. The van der Waals surface area contributed by atoms with Gasteiger partial charge < -0.3 is 4.74 Å². The molecular formula is C19H17ClFN3OS. The van der Waals surface area contributed by atoms with Crippen molar-refractivity contribution in [2.24, 2.45) is 0 Å². The van der Waals surface area contributed by atoms with E-state index in [4.69, 9.17) is 16.3 Å². The van der Waals surface area contributed by atoms with Crippen molar-refractivity contribution in [3.8, 4) is 17.1 Å². The summed E-state index contributed by atoms with van der Waals surface area (Å²) in [4.78, 5) is 0. The van der Waals surface area contributed by atoms with Crippen LogP contribution in [0.25, 0.3) is 11.4 Å². The molecule has 0 saturated heterocycles. The molecule has 0 aliphatic heterocycles. The van der Waals surface area contributed by atoms with Crippen LogP contribution in [0.2, 0.25) is 5.02 Å². The number of methoxy groups -OCH3 is 1. The summed E-state index contributed by atoms with van der Waals surface area (Å²) >= 11 is 7.55. The van der Waals surface area contributed by atoms with Crippen molar-refractivity contribution in [2.45, 2.75) is 17.5 Å². The lowest BCUT2D eigenvalue weighted by atomic mass is 10.2. The maximum absolute atomic E-state index is 13.9. The Morgan fingerprint density at radius 1 is 1.27 bits per heavy atom. The van der Waals surface area contributed by atoms with Gasteiger partial charge in [0.2, 0.25) is 0 Å². The van der Waals surface area contributed by atoms with Gasteiger partial charge in [-0.05, 0) is 29.8 Å². The highest BCUT2D eigenvalue weighted by molar-refractivity contribution is 7.98. The van der Waals surface area contributed by atoms with Crippen molar-refractivity contribution in [3.63, 3.8) is 0 Å². The van der Waals surface area contributed by atoms with Gasteiger partial charge in [-0.3, -0.25) is 4.57 Å². The molecule has 0 N–H and O–H groups in total. The van der Waals surface area contributed by atoms with Gasteiger partial charge in [-0.25, -0.2) is 4.39 Å². The van der Waals surface area contributed by atoms with Gasteiger partial charge in [-0.15, -0.1) is 16.8 Å². The number of halogens is 2. The molecular weight excluding hydrogens is 373 g/mol. The number of rotatable bonds is 7. The van der Waals surface area contributed by atoms with E-state index >= 15 is 0 Å². The van der Waals surface area contributed by atoms with E-state index in [1.165, 1.54) is 17.8 Å². The molecule has 0 aliphatic rings. The molecule has 26 heavy (non-hydrogen) atoms. The largest absolute Gasteiger partial charge is 0.496 e. The summed E-state index contributed by atoms with van der Waals surface area (Å²) < 4.78 is 21.2. The van der Waals surface area contributed by atoms with Crippen LogP contribution >= 0.6 is 23.4 Å². The van der Waals surface area contributed by atoms with Crippen molar-refractivity contribution in [2.75, 3.05) is 7.11 Å². The van der Waals surface area contributed by atoms with Crippen LogP contribution in [0, 0.1) is 5.82 Å². The van der Waals surface area contributed by atoms with Crippen LogP contribution in [0.15, 0.2) is 60.3 Å². The van der Waals surface area contributed by atoms with Crippen LogP contribution in [0.4, 0.5) is 4.39 Å². The number of hydrogen-bond acceptors (Lipinski definition) is 4. The molecule has 0 saturated carbocycles. The van der Waals surface area contributed by atoms with E-state index in [0.717, 1.165) is 5.56 Å². The van der Waals surface area contributed by atoms with E-state index in [9.17, 15) is 4.39 Å². The first kappa shape index (κ1) is 18.5. The zero-order valence-electron chi connectivity index (χ0n) is 14.2. The first-order chi connectivity index (χ1) is 12.6. The number of allylic oxidation sites excluding steroid dienone is 1. The molecule has 7 heteroatoms. The van der Waals surface area contributed by atoms with E-state index in [1.54, 1.807) is 43.5 Å². The summed E-state index contributed by atoms with van der Waals surface area (Å²) in [6.07, 6.45) is 1.76. The Bertz CT molecular complexity index is 929.